The second kappa shape index (κ2) is 4.43. The van der Waals surface area contributed by atoms with E-state index in [0.717, 1.165) is 22.5 Å². The summed E-state index contributed by atoms with van der Waals surface area (Å²) in [5, 5.41) is 0.201. The van der Waals surface area contributed by atoms with Gasteiger partial charge in [-0.3, -0.25) is 0 Å². The van der Waals surface area contributed by atoms with Crippen molar-refractivity contribution in [1.82, 2.24) is 0 Å². The Morgan fingerprint density at radius 1 is 1.40 bits per heavy atom. The Hall–Kier alpha value is 0.543. The Bertz CT molecular complexity index is 229. The molecule has 0 aliphatic carbocycles. The molecule has 0 aliphatic heterocycles. The van der Waals surface area contributed by atoms with E-state index in [1.807, 2.05) is 6.07 Å². The first-order valence-corrected chi connectivity index (χ1v) is 4.33. The van der Waals surface area contributed by atoms with Gasteiger partial charge in [0.2, 0.25) is 0 Å². The third-order valence-corrected chi connectivity index (χ3v) is 2.21. The fourth-order valence-corrected chi connectivity index (χ4v) is 1.28. The van der Waals surface area contributed by atoms with Crippen LogP contribution in [0.3, 0.4) is 0 Å². The first-order chi connectivity index (χ1) is 4.20. The van der Waals surface area contributed by atoms with Gasteiger partial charge in [0.25, 0.3) is 0 Å². The summed E-state index contributed by atoms with van der Waals surface area (Å²) in [6.07, 6.45) is 0. The van der Waals surface area contributed by atoms with Crippen molar-refractivity contribution in [2.45, 2.75) is 0 Å². The van der Waals surface area contributed by atoms with Crippen LogP contribution in [0.4, 0.5) is 4.39 Å². The Morgan fingerprint density at radius 2 is 2.00 bits per heavy atom. The molecule has 1 rings (SSSR count). The van der Waals surface area contributed by atoms with Crippen LogP contribution in [0.2, 0.25) is 5.02 Å². The molecule has 4 heteroatoms. The number of benzene rings is 1. The average Bonchev–Trinajstić information content (AvgIpc) is 1.80. The predicted molar refractivity (Wildman–Crippen MR) is 41.4 cm³/mol. The standard InChI is InChI=1S/C6H3ClF.BrH.Zn/c7-5-3-1-2-4-6(5)8;;/h1,3-4H;1H;. The van der Waals surface area contributed by atoms with Crippen molar-refractivity contribution < 1.29 is 22.7 Å². The minimum absolute atomic E-state index is 0. The van der Waals surface area contributed by atoms with E-state index in [9.17, 15) is 4.39 Å². The van der Waals surface area contributed by atoms with Crippen LogP contribution < -0.4 is 4.16 Å². The molecule has 0 atom stereocenters. The van der Waals surface area contributed by atoms with E-state index in [2.05, 4.69) is 0 Å². The van der Waals surface area contributed by atoms with E-state index >= 15 is 0 Å². The number of halogens is 3. The molecular weight excluding hydrogens is 272 g/mol. The van der Waals surface area contributed by atoms with E-state index < -0.39 is 0 Å². The Labute approximate surface area is 84.2 Å². The van der Waals surface area contributed by atoms with Crippen LogP contribution in [-0.4, -0.2) is 0 Å². The predicted octanol–water partition coefficient (Wildman–Crippen LogP) is 2.23. The van der Waals surface area contributed by atoms with Crippen molar-refractivity contribution in [1.29, 1.82) is 0 Å². The van der Waals surface area contributed by atoms with Gasteiger partial charge in [-0.05, 0) is 0 Å². The van der Waals surface area contributed by atoms with E-state index in [0.29, 0.717) is 0 Å². The van der Waals surface area contributed by atoms with Gasteiger partial charge >= 0.3 is 67.5 Å². The zero-order valence-electron chi connectivity index (χ0n) is 5.10. The van der Waals surface area contributed by atoms with Crippen LogP contribution in [0.25, 0.3) is 0 Å². The van der Waals surface area contributed by atoms with Crippen molar-refractivity contribution in [3.63, 3.8) is 0 Å². The van der Waals surface area contributed by atoms with Crippen molar-refractivity contribution in [2.24, 2.45) is 0 Å². The Balaban J connectivity index is 0.000000810. The van der Waals surface area contributed by atoms with Crippen molar-refractivity contribution in [3.05, 3.63) is 29.0 Å². The van der Waals surface area contributed by atoms with Gasteiger partial charge in [0.1, 0.15) is 0 Å². The first kappa shape index (κ1) is 10.5. The molecule has 0 saturated carbocycles. The van der Waals surface area contributed by atoms with Gasteiger partial charge in [0.05, 0.1) is 0 Å². The van der Waals surface area contributed by atoms with Crippen molar-refractivity contribution in [3.8, 4) is 0 Å². The molecule has 0 fully saturated rings. The van der Waals surface area contributed by atoms with Gasteiger partial charge in [0, 0.05) is 0 Å². The second-order valence-corrected chi connectivity index (χ2v) is 3.87. The number of rotatable bonds is 0. The zero-order chi connectivity index (χ0) is 6.85. The molecular formula is C6H4BrClFZn. The average molecular weight is 276 g/mol. The molecule has 0 nitrogen and oxygen atoms in total. The van der Waals surface area contributed by atoms with Crippen LogP contribution >= 0.6 is 28.6 Å². The van der Waals surface area contributed by atoms with Crippen LogP contribution in [-0.2, 0) is 18.3 Å². The monoisotopic (exact) mass is 273 g/mol. The van der Waals surface area contributed by atoms with Gasteiger partial charge < -0.3 is 0 Å². The third kappa shape index (κ3) is 2.65. The summed E-state index contributed by atoms with van der Waals surface area (Å²) in [4.78, 5) is 0. The van der Waals surface area contributed by atoms with Gasteiger partial charge in [-0.2, -0.15) is 0 Å². The molecule has 0 aromatic heterocycles. The molecule has 0 aliphatic rings. The molecule has 0 amide bonds. The summed E-state index contributed by atoms with van der Waals surface area (Å²) in [6, 6.07) is 4.86. The van der Waals surface area contributed by atoms with Crippen molar-refractivity contribution >= 4 is 32.7 Å². The third-order valence-electron chi connectivity index (χ3n) is 0.984. The van der Waals surface area contributed by atoms with Gasteiger partial charge in [0.15, 0.2) is 0 Å². The molecule has 0 bridgehead atoms. The van der Waals surface area contributed by atoms with Crippen LogP contribution in [0.5, 0.6) is 0 Å². The Kier molecular flexibility index (Phi) is 4.67. The summed E-state index contributed by atoms with van der Waals surface area (Å²) in [6.45, 7) is 0. The molecule has 0 heterocycles. The normalized spacial score (nSPS) is 8.80. The molecule has 0 N–H and O–H groups in total. The topological polar surface area (TPSA) is 0 Å². The molecule has 0 radical (unpaired) electrons. The van der Waals surface area contributed by atoms with E-state index in [4.69, 9.17) is 11.6 Å². The van der Waals surface area contributed by atoms with Gasteiger partial charge in [-0.1, -0.05) is 0 Å². The SMILES string of the molecule is Br.Fc1c[c]([Zn])ccc1Cl. The van der Waals surface area contributed by atoms with Crippen LogP contribution in [0.15, 0.2) is 18.2 Å². The molecule has 0 saturated heterocycles. The summed E-state index contributed by atoms with van der Waals surface area (Å²) in [5.41, 5.74) is 0. The maximum atomic E-state index is 12.5. The first-order valence-electron chi connectivity index (χ1n) is 2.47. The van der Waals surface area contributed by atoms with Crippen LogP contribution in [0, 0.1) is 5.82 Å². The molecule has 1 aromatic rings. The zero-order valence-corrected chi connectivity index (χ0v) is 10.5. The fourth-order valence-electron chi connectivity index (χ4n) is 0.540. The Morgan fingerprint density at radius 3 is 2.40 bits per heavy atom. The van der Waals surface area contributed by atoms with Crippen molar-refractivity contribution in [2.75, 3.05) is 0 Å². The van der Waals surface area contributed by atoms with E-state index in [1.54, 1.807) is 6.07 Å². The van der Waals surface area contributed by atoms with Gasteiger partial charge in [-0.15, -0.1) is 17.0 Å². The quantitative estimate of drug-likeness (QED) is 0.637. The molecule has 10 heavy (non-hydrogen) atoms. The minimum atomic E-state index is -0.319. The van der Waals surface area contributed by atoms with E-state index in [1.165, 1.54) is 6.07 Å². The van der Waals surface area contributed by atoms with Crippen LogP contribution in [0.1, 0.15) is 0 Å². The molecule has 51 valence electrons. The summed E-state index contributed by atoms with van der Waals surface area (Å²) >= 11 is 6.39. The molecule has 1 aromatic carbocycles. The molecule has 0 unspecified atom stereocenters. The summed E-state index contributed by atoms with van der Waals surface area (Å²) < 4.78 is 13.5. The number of hydrogen-bond donors (Lipinski definition) is 0. The van der Waals surface area contributed by atoms with E-state index in [-0.39, 0.29) is 27.8 Å². The summed E-state index contributed by atoms with van der Waals surface area (Å²) in [5.74, 6) is -0.319. The molecule has 0 spiro atoms. The number of hydrogen-bond acceptors (Lipinski definition) is 0. The summed E-state index contributed by atoms with van der Waals surface area (Å²) in [7, 11) is 0. The second-order valence-electron chi connectivity index (χ2n) is 1.75. The van der Waals surface area contributed by atoms with Gasteiger partial charge in [-0.25, -0.2) is 0 Å². The maximum absolute atomic E-state index is 12.5. The fraction of sp³-hybridized carbons (Fsp3) is 0.